The molecule has 0 aliphatic rings. The van der Waals surface area contributed by atoms with Crippen molar-refractivity contribution >= 4 is 5.65 Å². The molecule has 2 heterocycles. The van der Waals surface area contributed by atoms with Gasteiger partial charge in [0.25, 0.3) is 0 Å². The predicted molar refractivity (Wildman–Crippen MR) is 73.9 cm³/mol. The molecule has 92 valence electrons. The van der Waals surface area contributed by atoms with E-state index in [2.05, 4.69) is 23.2 Å². The van der Waals surface area contributed by atoms with E-state index in [1.165, 1.54) is 5.56 Å². The van der Waals surface area contributed by atoms with E-state index in [0.717, 1.165) is 16.9 Å². The molecule has 0 spiro atoms. The highest BCUT2D eigenvalue weighted by atomic mass is 15.0. The Bertz CT molecular complexity index is 764. The number of aromatic nitrogens is 2. The fraction of sp³-hybridized carbons (Fsp3) is 0.125. The van der Waals surface area contributed by atoms with Crippen molar-refractivity contribution in [3.8, 4) is 6.07 Å². The number of benzene rings is 1. The van der Waals surface area contributed by atoms with Crippen molar-refractivity contribution in [3.05, 3.63) is 71.2 Å². The third-order valence-electron chi connectivity index (χ3n) is 3.24. The second-order valence-electron chi connectivity index (χ2n) is 4.57. The lowest BCUT2D eigenvalue weighted by Gasteiger charge is -1.98. The lowest BCUT2D eigenvalue weighted by Crippen LogP contribution is -1.93. The van der Waals surface area contributed by atoms with Crippen LogP contribution >= 0.6 is 0 Å². The van der Waals surface area contributed by atoms with Crippen molar-refractivity contribution in [2.24, 2.45) is 0 Å². The number of rotatable bonds is 2. The quantitative estimate of drug-likeness (QED) is 0.698. The van der Waals surface area contributed by atoms with E-state index in [4.69, 9.17) is 0 Å². The highest BCUT2D eigenvalue weighted by Gasteiger charge is 2.13. The minimum absolute atomic E-state index is 0.627. The molecular weight excluding hydrogens is 234 g/mol. The summed E-state index contributed by atoms with van der Waals surface area (Å²) in [6.45, 7) is 2.01. The van der Waals surface area contributed by atoms with Crippen LogP contribution in [0.4, 0.5) is 0 Å². The molecule has 3 rings (SSSR count). The van der Waals surface area contributed by atoms with Gasteiger partial charge >= 0.3 is 0 Å². The van der Waals surface area contributed by atoms with E-state index in [-0.39, 0.29) is 0 Å². The Labute approximate surface area is 111 Å². The second-order valence-corrected chi connectivity index (χ2v) is 4.57. The summed E-state index contributed by atoms with van der Waals surface area (Å²) >= 11 is 0. The Morgan fingerprint density at radius 2 is 1.95 bits per heavy atom. The summed E-state index contributed by atoms with van der Waals surface area (Å²) in [6.07, 6.45) is 2.58. The summed E-state index contributed by atoms with van der Waals surface area (Å²) in [6, 6.07) is 16.3. The van der Waals surface area contributed by atoms with Crippen molar-refractivity contribution in [2.45, 2.75) is 13.3 Å². The van der Waals surface area contributed by atoms with Crippen LogP contribution < -0.4 is 0 Å². The van der Waals surface area contributed by atoms with Gasteiger partial charge in [-0.1, -0.05) is 36.4 Å². The average molecular weight is 247 g/mol. The molecular formula is C16H13N3. The Morgan fingerprint density at radius 1 is 1.16 bits per heavy atom. The standard InChI is InChI=1S/C16H13N3/c1-12-6-5-9-19-15(11-17)14(18-16(12)19)10-13-7-3-2-4-8-13/h2-9H,10H2,1H3. The van der Waals surface area contributed by atoms with Gasteiger partial charge in [-0.15, -0.1) is 0 Å². The number of hydrogen-bond acceptors (Lipinski definition) is 2. The third kappa shape index (κ3) is 1.98. The minimum atomic E-state index is 0.627. The monoisotopic (exact) mass is 247 g/mol. The smallest absolute Gasteiger partial charge is 0.148 e. The van der Waals surface area contributed by atoms with Gasteiger partial charge in [0.1, 0.15) is 17.4 Å². The lowest BCUT2D eigenvalue weighted by atomic mass is 10.1. The van der Waals surface area contributed by atoms with Crippen LogP contribution in [0.25, 0.3) is 5.65 Å². The van der Waals surface area contributed by atoms with Crippen LogP contribution in [0, 0.1) is 18.3 Å². The number of hydrogen-bond donors (Lipinski definition) is 0. The van der Waals surface area contributed by atoms with Crippen LogP contribution in [0.2, 0.25) is 0 Å². The molecule has 0 atom stereocenters. The largest absolute Gasteiger partial charge is 0.291 e. The first-order chi connectivity index (χ1) is 9.29. The summed E-state index contributed by atoms with van der Waals surface area (Å²) in [7, 11) is 0. The molecule has 1 aromatic carbocycles. The van der Waals surface area contributed by atoms with Crippen molar-refractivity contribution in [1.82, 2.24) is 9.38 Å². The van der Waals surface area contributed by atoms with E-state index >= 15 is 0 Å². The van der Waals surface area contributed by atoms with E-state index in [1.807, 2.05) is 47.9 Å². The molecule has 0 N–H and O–H groups in total. The Balaban J connectivity index is 2.14. The Morgan fingerprint density at radius 3 is 2.68 bits per heavy atom. The summed E-state index contributed by atoms with van der Waals surface area (Å²) in [5.41, 5.74) is 4.58. The van der Waals surface area contributed by atoms with Gasteiger partial charge in [0.05, 0.1) is 5.69 Å². The second kappa shape index (κ2) is 4.58. The molecule has 2 aromatic heterocycles. The van der Waals surface area contributed by atoms with Gasteiger partial charge in [0.15, 0.2) is 0 Å². The van der Waals surface area contributed by atoms with Gasteiger partial charge in [-0.2, -0.15) is 5.26 Å². The van der Waals surface area contributed by atoms with Crippen LogP contribution in [0.5, 0.6) is 0 Å². The molecule has 0 aliphatic heterocycles. The first kappa shape index (κ1) is 11.5. The SMILES string of the molecule is Cc1cccn2c(C#N)c(Cc3ccccc3)nc12. The normalized spacial score (nSPS) is 10.5. The molecule has 3 nitrogen and oxygen atoms in total. The molecule has 0 saturated heterocycles. The number of nitriles is 1. The fourth-order valence-electron chi connectivity index (χ4n) is 2.28. The van der Waals surface area contributed by atoms with Crippen molar-refractivity contribution in [2.75, 3.05) is 0 Å². The Hall–Kier alpha value is -2.60. The molecule has 0 amide bonds. The highest BCUT2D eigenvalue weighted by molar-refractivity contribution is 5.53. The van der Waals surface area contributed by atoms with Gasteiger partial charge in [0, 0.05) is 12.6 Å². The third-order valence-corrected chi connectivity index (χ3v) is 3.24. The molecule has 3 aromatic rings. The maximum Gasteiger partial charge on any atom is 0.148 e. The van der Waals surface area contributed by atoms with Crippen LogP contribution in [0.1, 0.15) is 22.5 Å². The van der Waals surface area contributed by atoms with Crippen molar-refractivity contribution in [3.63, 3.8) is 0 Å². The fourth-order valence-corrected chi connectivity index (χ4v) is 2.28. The number of imidazole rings is 1. The molecule has 3 heteroatoms. The Kier molecular flexibility index (Phi) is 2.77. The molecule has 0 radical (unpaired) electrons. The molecule has 0 aliphatic carbocycles. The lowest BCUT2D eigenvalue weighted by molar-refractivity contribution is 1.09. The summed E-state index contributed by atoms with van der Waals surface area (Å²) in [5, 5.41) is 9.36. The number of fused-ring (bicyclic) bond motifs is 1. The summed E-state index contributed by atoms with van der Waals surface area (Å²) in [4.78, 5) is 4.62. The van der Waals surface area contributed by atoms with E-state index in [0.29, 0.717) is 12.1 Å². The van der Waals surface area contributed by atoms with Crippen LogP contribution in [0.15, 0.2) is 48.7 Å². The van der Waals surface area contributed by atoms with Gasteiger partial charge in [-0.25, -0.2) is 4.98 Å². The number of pyridine rings is 1. The topological polar surface area (TPSA) is 41.1 Å². The zero-order valence-corrected chi connectivity index (χ0v) is 10.7. The van der Waals surface area contributed by atoms with E-state index in [9.17, 15) is 5.26 Å². The zero-order valence-electron chi connectivity index (χ0n) is 10.7. The molecule has 0 fully saturated rings. The summed E-state index contributed by atoms with van der Waals surface area (Å²) < 4.78 is 1.87. The van der Waals surface area contributed by atoms with Crippen molar-refractivity contribution < 1.29 is 0 Å². The van der Waals surface area contributed by atoms with Crippen LogP contribution in [-0.4, -0.2) is 9.38 Å². The van der Waals surface area contributed by atoms with Crippen LogP contribution in [0.3, 0.4) is 0 Å². The summed E-state index contributed by atoms with van der Waals surface area (Å²) in [5.74, 6) is 0. The number of aryl methyl sites for hydroxylation is 1. The minimum Gasteiger partial charge on any atom is -0.291 e. The van der Waals surface area contributed by atoms with E-state index in [1.54, 1.807) is 0 Å². The first-order valence-corrected chi connectivity index (χ1v) is 6.20. The zero-order chi connectivity index (χ0) is 13.2. The molecule has 0 bridgehead atoms. The van der Waals surface area contributed by atoms with Gasteiger partial charge < -0.3 is 0 Å². The molecule has 0 saturated carbocycles. The predicted octanol–water partition coefficient (Wildman–Crippen LogP) is 3.11. The van der Waals surface area contributed by atoms with E-state index < -0.39 is 0 Å². The van der Waals surface area contributed by atoms with Crippen molar-refractivity contribution in [1.29, 1.82) is 5.26 Å². The van der Waals surface area contributed by atoms with Gasteiger partial charge in [-0.3, -0.25) is 4.40 Å². The highest BCUT2D eigenvalue weighted by Crippen LogP contribution is 2.18. The molecule has 19 heavy (non-hydrogen) atoms. The molecule has 0 unspecified atom stereocenters. The number of nitrogens with zero attached hydrogens (tertiary/aromatic N) is 3. The van der Waals surface area contributed by atoms with Gasteiger partial charge in [-0.05, 0) is 24.1 Å². The average Bonchev–Trinajstić information content (AvgIpc) is 2.79. The van der Waals surface area contributed by atoms with Crippen LogP contribution in [-0.2, 0) is 6.42 Å². The van der Waals surface area contributed by atoms with Gasteiger partial charge in [0.2, 0.25) is 0 Å². The maximum absolute atomic E-state index is 9.36. The maximum atomic E-state index is 9.36. The first-order valence-electron chi connectivity index (χ1n) is 6.20.